The van der Waals surface area contributed by atoms with Crippen molar-refractivity contribution in [3.63, 3.8) is 0 Å². The standard InChI is InChI=1S/C18H11ClF3N3O2/c19-13-6-5-10(18(20,21)22)8-14(13)24-25-15-11-4-2-1-3-9(11)7-12(16(15)26)17(23)27/h1-8,26H,(H2,23,27). The lowest BCUT2D eigenvalue weighted by Gasteiger charge is -2.09. The van der Waals surface area contributed by atoms with Crippen LogP contribution in [0, 0.1) is 0 Å². The Morgan fingerprint density at radius 2 is 1.78 bits per heavy atom. The molecule has 3 aromatic carbocycles. The van der Waals surface area contributed by atoms with Gasteiger partial charge in [-0.3, -0.25) is 4.79 Å². The summed E-state index contributed by atoms with van der Waals surface area (Å²) in [6, 6.07) is 10.7. The predicted octanol–water partition coefficient (Wildman–Crippen LogP) is 5.73. The van der Waals surface area contributed by atoms with Crippen molar-refractivity contribution in [2.45, 2.75) is 6.18 Å². The van der Waals surface area contributed by atoms with Gasteiger partial charge in [0, 0.05) is 5.39 Å². The molecule has 0 bridgehead atoms. The molecule has 3 N–H and O–H groups in total. The summed E-state index contributed by atoms with van der Waals surface area (Å²) in [6.07, 6.45) is -4.57. The van der Waals surface area contributed by atoms with Crippen LogP contribution in [0.1, 0.15) is 15.9 Å². The van der Waals surface area contributed by atoms with Gasteiger partial charge in [0.1, 0.15) is 11.4 Å². The van der Waals surface area contributed by atoms with Gasteiger partial charge in [0.25, 0.3) is 5.91 Å². The van der Waals surface area contributed by atoms with E-state index in [1.54, 1.807) is 24.3 Å². The summed E-state index contributed by atoms with van der Waals surface area (Å²) in [5.41, 5.74) is 3.79. The van der Waals surface area contributed by atoms with E-state index in [1.807, 2.05) is 0 Å². The summed E-state index contributed by atoms with van der Waals surface area (Å²) in [7, 11) is 0. The maximum atomic E-state index is 12.9. The Hall–Kier alpha value is -3.13. The normalized spacial score (nSPS) is 12.0. The smallest absolute Gasteiger partial charge is 0.416 e. The maximum Gasteiger partial charge on any atom is 0.416 e. The molecule has 0 aromatic heterocycles. The number of phenols is 1. The number of hydrogen-bond donors (Lipinski definition) is 2. The lowest BCUT2D eigenvalue weighted by molar-refractivity contribution is -0.137. The van der Waals surface area contributed by atoms with Crippen LogP contribution in [-0.2, 0) is 6.18 Å². The van der Waals surface area contributed by atoms with Gasteiger partial charge in [-0.05, 0) is 29.7 Å². The van der Waals surface area contributed by atoms with E-state index in [1.165, 1.54) is 6.07 Å². The zero-order valence-electron chi connectivity index (χ0n) is 13.5. The lowest BCUT2D eigenvalue weighted by Crippen LogP contribution is -2.11. The number of primary amides is 1. The minimum absolute atomic E-state index is 0.0541. The molecular formula is C18H11ClF3N3O2. The Kier molecular flexibility index (Phi) is 4.75. The van der Waals surface area contributed by atoms with E-state index >= 15 is 0 Å². The summed E-state index contributed by atoms with van der Waals surface area (Å²) in [5.74, 6) is -1.40. The quantitative estimate of drug-likeness (QED) is 0.556. The molecule has 0 radical (unpaired) electrons. The van der Waals surface area contributed by atoms with Crippen LogP contribution in [0.2, 0.25) is 5.02 Å². The zero-order valence-corrected chi connectivity index (χ0v) is 14.2. The number of amides is 1. The molecule has 0 aliphatic carbocycles. The molecular weight excluding hydrogens is 383 g/mol. The summed E-state index contributed by atoms with van der Waals surface area (Å²) in [4.78, 5) is 11.5. The largest absolute Gasteiger partial charge is 0.505 e. The number of halogens is 4. The molecule has 0 aliphatic heterocycles. The molecule has 0 unspecified atom stereocenters. The first-order valence-electron chi connectivity index (χ1n) is 7.51. The summed E-state index contributed by atoms with van der Waals surface area (Å²) >= 11 is 5.89. The number of alkyl halides is 3. The van der Waals surface area contributed by atoms with E-state index in [2.05, 4.69) is 10.2 Å². The van der Waals surface area contributed by atoms with Crippen LogP contribution in [-0.4, -0.2) is 11.0 Å². The number of azo groups is 1. The van der Waals surface area contributed by atoms with Crippen molar-refractivity contribution in [3.05, 3.63) is 64.7 Å². The second kappa shape index (κ2) is 6.88. The van der Waals surface area contributed by atoms with Crippen LogP contribution in [0.5, 0.6) is 5.75 Å². The summed E-state index contributed by atoms with van der Waals surface area (Å²) in [6.45, 7) is 0. The van der Waals surface area contributed by atoms with Crippen LogP contribution in [0.4, 0.5) is 24.5 Å². The zero-order chi connectivity index (χ0) is 19.8. The van der Waals surface area contributed by atoms with Crippen molar-refractivity contribution < 1.29 is 23.1 Å². The average molecular weight is 394 g/mol. The van der Waals surface area contributed by atoms with Crippen molar-refractivity contribution in [2.75, 3.05) is 0 Å². The Labute approximate surface area is 155 Å². The molecule has 27 heavy (non-hydrogen) atoms. The highest BCUT2D eigenvalue weighted by Gasteiger charge is 2.31. The first-order chi connectivity index (χ1) is 12.7. The average Bonchev–Trinajstić information content (AvgIpc) is 2.60. The third-order valence-electron chi connectivity index (χ3n) is 3.79. The molecule has 0 saturated carbocycles. The third kappa shape index (κ3) is 3.70. The van der Waals surface area contributed by atoms with Gasteiger partial charge < -0.3 is 10.8 Å². The molecule has 0 atom stereocenters. The van der Waals surface area contributed by atoms with Crippen molar-refractivity contribution in [1.29, 1.82) is 0 Å². The topological polar surface area (TPSA) is 88.0 Å². The fraction of sp³-hybridized carbons (Fsp3) is 0.0556. The van der Waals surface area contributed by atoms with E-state index in [0.29, 0.717) is 10.8 Å². The van der Waals surface area contributed by atoms with Gasteiger partial charge in [-0.2, -0.15) is 13.2 Å². The minimum atomic E-state index is -4.57. The Balaban J connectivity index is 2.17. The molecule has 3 rings (SSSR count). The van der Waals surface area contributed by atoms with Gasteiger partial charge in [-0.25, -0.2) is 0 Å². The lowest BCUT2D eigenvalue weighted by atomic mass is 10.0. The van der Waals surface area contributed by atoms with Gasteiger partial charge in [-0.15, -0.1) is 10.2 Å². The molecule has 1 amide bonds. The second-order valence-corrected chi connectivity index (χ2v) is 5.98. The number of carbonyl (C=O) groups excluding carboxylic acids is 1. The van der Waals surface area contributed by atoms with Crippen LogP contribution in [0.3, 0.4) is 0 Å². The van der Waals surface area contributed by atoms with Crippen molar-refractivity contribution in [3.8, 4) is 5.75 Å². The first kappa shape index (κ1) is 18.7. The summed E-state index contributed by atoms with van der Waals surface area (Å²) in [5, 5.41) is 18.8. The highest BCUT2D eigenvalue weighted by molar-refractivity contribution is 6.33. The van der Waals surface area contributed by atoms with Gasteiger partial charge in [0.15, 0.2) is 5.75 Å². The predicted molar refractivity (Wildman–Crippen MR) is 94.8 cm³/mol. The number of hydrogen-bond acceptors (Lipinski definition) is 4. The van der Waals surface area contributed by atoms with E-state index < -0.39 is 23.4 Å². The SMILES string of the molecule is NC(=O)c1cc2ccccc2c(N=Nc2cc(C(F)(F)F)ccc2Cl)c1O. The summed E-state index contributed by atoms with van der Waals surface area (Å²) < 4.78 is 38.6. The molecule has 138 valence electrons. The molecule has 9 heteroatoms. The number of fused-ring (bicyclic) bond motifs is 1. The monoisotopic (exact) mass is 393 g/mol. The second-order valence-electron chi connectivity index (χ2n) is 5.57. The van der Waals surface area contributed by atoms with Crippen molar-refractivity contribution in [2.24, 2.45) is 16.0 Å². The third-order valence-corrected chi connectivity index (χ3v) is 4.11. The van der Waals surface area contributed by atoms with E-state index in [0.717, 1.165) is 18.2 Å². The molecule has 0 spiro atoms. The maximum absolute atomic E-state index is 12.9. The van der Waals surface area contributed by atoms with Gasteiger partial charge >= 0.3 is 6.18 Å². The Morgan fingerprint density at radius 3 is 2.44 bits per heavy atom. The number of nitrogens with two attached hydrogens (primary N) is 1. The molecule has 0 heterocycles. The van der Waals surface area contributed by atoms with E-state index in [9.17, 15) is 23.1 Å². The molecule has 0 aliphatic rings. The van der Waals surface area contributed by atoms with Gasteiger partial charge in [0.2, 0.25) is 0 Å². The number of carbonyl (C=O) groups is 1. The number of aromatic hydroxyl groups is 1. The minimum Gasteiger partial charge on any atom is -0.505 e. The Bertz CT molecular complexity index is 1080. The number of benzene rings is 3. The van der Waals surface area contributed by atoms with Crippen LogP contribution >= 0.6 is 11.6 Å². The van der Waals surface area contributed by atoms with Gasteiger partial charge in [-0.1, -0.05) is 35.9 Å². The molecule has 0 saturated heterocycles. The number of rotatable bonds is 3. The van der Waals surface area contributed by atoms with E-state index in [4.69, 9.17) is 17.3 Å². The van der Waals surface area contributed by atoms with Crippen molar-refractivity contribution in [1.82, 2.24) is 0 Å². The van der Waals surface area contributed by atoms with E-state index in [-0.39, 0.29) is 22.0 Å². The van der Waals surface area contributed by atoms with Gasteiger partial charge in [0.05, 0.1) is 16.1 Å². The highest BCUT2D eigenvalue weighted by atomic mass is 35.5. The van der Waals surface area contributed by atoms with Crippen LogP contribution < -0.4 is 5.73 Å². The number of nitrogens with zero attached hydrogens (tertiary/aromatic N) is 2. The van der Waals surface area contributed by atoms with Crippen LogP contribution in [0.15, 0.2) is 58.8 Å². The fourth-order valence-electron chi connectivity index (χ4n) is 2.48. The fourth-order valence-corrected chi connectivity index (χ4v) is 2.63. The first-order valence-corrected chi connectivity index (χ1v) is 7.89. The van der Waals surface area contributed by atoms with Crippen LogP contribution in [0.25, 0.3) is 10.8 Å². The van der Waals surface area contributed by atoms with Crippen molar-refractivity contribution >= 4 is 39.7 Å². The Morgan fingerprint density at radius 1 is 1.07 bits per heavy atom. The molecule has 0 fully saturated rings. The highest BCUT2D eigenvalue weighted by Crippen LogP contribution is 2.40. The molecule has 5 nitrogen and oxygen atoms in total. The molecule has 3 aromatic rings.